The molecule has 0 atom stereocenters. The topological polar surface area (TPSA) is 152 Å². The van der Waals surface area contributed by atoms with Crippen LogP contribution in [0.1, 0.15) is 16.8 Å². The van der Waals surface area contributed by atoms with E-state index in [9.17, 15) is 9.59 Å². The van der Waals surface area contributed by atoms with E-state index in [1.165, 1.54) is 19.3 Å². The van der Waals surface area contributed by atoms with Gasteiger partial charge in [0.2, 0.25) is 5.91 Å². The summed E-state index contributed by atoms with van der Waals surface area (Å²) >= 11 is 0. The molecule has 2 amide bonds. The molecule has 0 spiro atoms. The predicted molar refractivity (Wildman–Crippen MR) is 116 cm³/mol. The van der Waals surface area contributed by atoms with Crippen LogP contribution >= 0.6 is 0 Å². The van der Waals surface area contributed by atoms with Gasteiger partial charge in [-0.2, -0.15) is 0 Å². The average molecular weight is 418 g/mol. The number of para-hydroxylation sites is 1. The van der Waals surface area contributed by atoms with E-state index in [0.717, 1.165) is 26.3 Å². The quantitative estimate of drug-likeness (QED) is 0.253. The maximum absolute atomic E-state index is 12.5. The number of anilines is 1. The number of carbonyl (C=O) groups excluding carboxylic acids is 2. The molecule has 10 nitrogen and oxygen atoms in total. The Hall–Kier alpha value is -3.08. The lowest BCUT2D eigenvalue weighted by atomic mass is 10.1. The Labute approximate surface area is 176 Å². The number of nitrogens with one attached hydrogen (secondary N) is 2. The van der Waals surface area contributed by atoms with Crippen molar-refractivity contribution in [1.29, 1.82) is 0 Å². The molecule has 164 valence electrons. The molecule has 1 fully saturated rings. The summed E-state index contributed by atoms with van der Waals surface area (Å²) in [6.07, 6.45) is 3.17. The first kappa shape index (κ1) is 23.2. The summed E-state index contributed by atoms with van der Waals surface area (Å²) in [5, 5.41) is 5.36. The van der Waals surface area contributed by atoms with Crippen molar-refractivity contribution in [3.8, 4) is 0 Å². The largest absolute Gasteiger partial charge is 0.483 e. The van der Waals surface area contributed by atoms with Crippen LogP contribution in [0.25, 0.3) is 0 Å². The van der Waals surface area contributed by atoms with Crippen LogP contribution < -0.4 is 27.8 Å². The molecule has 10 heteroatoms. The second kappa shape index (κ2) is 11.8. The molecule has 2 rings (SSSR count). The van der Waals surface area contributed by atoms with E-state index in [0.29, 0.717) is 30.8 Å². The zero-order valence-corrected chi connectivity index (χ0v) is 17.3. The number of carbonyl (C=O) groups is 2. The van der Waals surface area contributed by atoms with Crippen LogP contribution in [-0.4, -0.2) is 68.1 Å². The molecule has 1 aliphatic heterocycles. The third-order valence-corrected chi connectivity index (χ3v) is 4.60. The highest BCUT2D eigenvalue weighted by molar-refractivity contribution is 6.04. The van der Waals surface area contributed by atoms with Gasteiger partial charge in [0.1, 0.15) is 5.82 Å². The van der Waals surface area contributed by atoms with Gasteiger partial charge in [-0.15, -0.1) is 0 Å². The minimum Gasteiger partial charge on any atom is -0.483 e. The lowest BCUT2D eigenvalue weighted by molar-refractivity contribution is -0.116. The summed E-state index contributed by atoms with van der Waals surface area (Å²) in [7, 11) is 1.42. The number of methoxy groups -OCH3 is 1. The fourth-order valence-corrected chi connectivity index (χ4v) is 3.00. The first-order valence-electron chi connectivity index (χ1n) is 9.75. The van der Waals surface area contributed by atoms with E-state index in [2.05, 4.69) is 20.4 Å². The van der Waals surface area contributed by atoms with E-state index < -0.39 is 5.91 Å². The Kier molecular flexibility index (Phi) is 9.13. The van der Waals surface area contributed by atoms with Crippen LogP contribution in [0.15, 0.2) is 48.1 Å². The SMILES string of the molecule is CO/C(N)=C/C=C(\N)NC(=O)c1ccccc1NC(=O)CCN1CCN(CCN)C1. The molecule has 8 N–H and O–H groups in total. The molecule has 30 heavy (non-hydrogen) atoms. The van der Waals surface area contributed by atoms with Crippen LogP contribution in [0.3, 0.4) is 0 Å². The molecule has 0 bridgehead atoms. The molecule has 0 radical (unpaired) electrons. The first-order valence-corrected chi connectivity index (χ1v) is 9.75. The lowest BCUT2D eigenvalue weighted by Crippen LogP contribution is -2.31. The third kappa shape index (κ3) is 7.39. The summed E-state index contributed by atoms with van der Waals surface area (Å²) in [6.45, 7) is 4.82. The zero-order chi connectivity index (χ0) is 21.9. The molecule has 0 aromatic heterocycles. The normalized spacial score (nSPS) is 15.8. The average Bonchev–Trinajstić information content (AvgIpc) is 3.18. The number of rotatable bonds is 10. The number of nitrogens with zero attached hydrogens (tertiary/aromatic N) is 2. The van der Waals surface area contributed by atoms with Crippen LogP contribution in [0.2, 0.25) is 0 Å². The van der Waals surface area contributed by atoms with Gasteiger partial charge >= 0.3 is 0 Å². The first-order chi connectivity index (χ1) is 14.4. The number of benzene rings is 1. The monoisotopic (exact) mass is 417 g/mol. The van der Waals surface area contributed by atoms with Gasteiger partial charge in [-0.25, -0.2) is 0 Å². The van der Waals surface area contributed by atoms with Crippen LogP contribution in [0.4, 0.5) is 5.69 Å². The predicted octanol–water partition coefficient (Wildman–Crippen LogP) is -0.475. The van der Waals surface area contributed by atoms with Gasteiger partial charge in [0.15, 0.2) is 5.88 Å². The van der Waals surface area contributed by atoms with Gasteiger partial charge in [0.05, 0.1) is 25.0 Å². The maximum Gasteiger partial charge on any atom is 0.258 e. The summed E-state index contributed by atoms with van der Waals surface area (Å²) < 4.78 is 4.80. The molecule has 1 heterocycles. The van der Waals surface area contributed by atoms with Crippen molar-refractivity contribution in [2.45, 2.75) is 6.42 Å². The lowest BCUT2D eigenvalue weighted by Gasteiger charge is -2.17. The van der Waals surface area contributed by atoms with Crippen molar-refractivity contribution in [3.63, 3.8) is 0 Å². The van der Waals surface area contributed by atoms with E-state index in [4.69, 9.17) is 21.9 Å². The van der Waals surface area contributed by atoms with Crippen LogP contribution in [0.5, 0.6) is 0 Å². The minimum atomic E-state index is -0.444. The highest BCUT2D eigenvalue weighted by Gasteiger charge is 2.20. The van der Waals surface area contributed by atoms with E-state index >= 15 is 0 Å². The van der Waals surface area contributed by atoms with Crippen molar-refractivity contribution in [2.75, 3.05) is 51.8 Å². The van der Waals surface area contributed by atoms with Gasteiger partial charge in [-0.05, 0) is 18.2 Å². The summed E-state index contributed by atoms with van der Waals surface area (Å²) in [5.41, 5.74) is 17.6. The molecule has 0 saturated carbocycles. The second-order valence-corrected chi connectivity index (χ2v) is 6.86. The van der Waals surface area contributed by atoms with Crippen molar-refractivity contribution < 1.29 is 14.3 Å². The summed E-state index contributed by atoms with van der Waals surface area (Å²) in [6, 6.07) is 6.75. The Balaban J connectivity index is 1.91. The number of hydrogen-bond acceptors (Lipinski definition) is 8. The Bertz CT molecular complexity index is 794. The Morgan fingerprint density at radius 2 is 1.83 bits per heavy atom. The number of ether oxygens (including phenoxy) is 1. The second-order valence-electron chi connectivity index (χ2n) is 6.86. The van der Waals surface area contributed by atoms with Crippen molar-refractivity contribution in [2.24, 2.45) is 17.2 Å². The van der Waals surface area contributed by atoms with Gasteiger partial charge in [-0.3, -0.25) is 19.4 Å². The molecule has 0 unspecified atom stereocenters. The van der Waals surface area contributed by atoms with E-state index in [1.807, 2.05) is 0 Å². The minimum absolute atomic E-state index is 0.0946. The number of nitrogens with two attached hydrogens (primary N) is 3. The van der Waals surface area contributed by atoms with E-state index in [-0.39, 0.29) is 17.6 Å². The van der Waals surface area contributed by atoms with Gasteiger partial charge in [0, 0.05) is 45.2 Å². The summed E-state index contributed by atoms with van der Waals surface area (Å²) in [5.74, 6) is -0.353. The van der Waals surface area contributed by atoms with Crippen LogP contribution in [-0.2, 0) is 9.53 Å². The van der Waals surface area contributed by atoms with Crippen LogP contribution in [0, 0.1) is 0 Å². The number of hydrogen-bond donors (Lipinski definition) is 5. The fraction of sp³-hybridized carbons (Fsp3) is 0.400. The molecule has 1 aromatic carbocycles. The van der Waals surface area contributed by atoms with Gasteiger partial charge in [-0.1, -0.05) is 12.1 Å². The van der Waals surface area contributed by atoms with Crippen molar-refractivity contribution in [3.05, 3.63) is 53.7 Å². The molecule has 1 aromatic rings. The fourth-order valence-electron chi connectivity index (χ4n) is 3.00. The van der Waals surface area contributed by atoms with E-state index in [1.54, 1.807) is 24.3 Å². The molecule has 1 aliphatic rings. The maximum atomic E-state index is 12.5. The molecule has 0 aliphatic carbocycles. The molecule has 1 saturated heterocycles. The van der Waals surface area contributed by atoms with Gasteiger partial charge < -0.3 is 32.6 Å². The Morgan fingerprint density at radius 1 is 1.13 bits per heavy atom. The van der Waals surface area contributed by atoms with Crippen molar-refractivity contribution >= 4 is 17.5 Å². The molecular weight excluding hydrogens is 386 g/mol. The molecular formula is C20H31N7O3. The van der Waals surface area contributed by atoms with Gasteiger partial charge in [0.25, 0.3) is 5.91 Å². The smallest absolute Gasteiger partial charge is 0.258 e. The summed E-state index contributed by atoms with van der Waals surface area (Å²) in [4.78, 5) is 29.4. The third-order valence-electron chi connectivity index (χ3n) is 4.60. The number of allylic oxidation sites excluding steroid dienone is 2. The zero-order valence-electron chi connectivity index (χ0n) is 17.3. The Morgan fingerprint density at radius 3 is 2.53 bits per heavy atom. The van der Waals surface area contributed by atoms with Crippen molar-refractivity contribution in [1.82, 2.24) is 15.1 Å². The number of amides is 2. The highest BCUT2D eigenvalue weighted by Crippen LogP contribution is 2.16. The standard InChI is InChI=1S/C20H31N7O3/c1-30-18(23)7-6-17(22)25-20(29)15-4-2-3-5-16(15)24-19(28)8-10-26-12-13-27(14-26)11-9-21/h2-7H,8-14,21-23H2,1H3,(H,24,28)(H,25,29)/b17-6+,18-7+. The highest BCUT2D eigenvalue weighted by atomic mass is 16.5.